The van der Waals surface area contributed by atoms with Crippen LogP contribution in [0.1, 0.15) is 13.3 Å². The first-order valence-electron chi connectivity index (χ1n) is 6.62. The summed E-state index contributed by atoms with van der Waals surface area (Å²) >= 11 is 0. The molecule has 21 heavy (non-hydrogen) atoms. The number of nitrogens with one attached hydrogen (secondary N) is 1. The molecule has 0 radical (unpaired) electrons. The lowest BCUT2D eigenvalue weighted by atomic mass is 10.3. The third kappa shape index (κ3) is 2.71. The summed E-state index contributed by atoms with van der Waals surface area (Å²) in [7, 11) is 1.75. The monoisotopic (exact) mass is 285 g/mol. The average Bonchev–Trinajstić information content (AvgIpc) is 3.18. The molecule has 9 heteroatoms. The van der Waals surface area contributed by atoms with E-state index in [1.54, 1.807) is 19.6 Å². The fraction of sp³-hybridized carbons (Fsp3) is 0.333. The summed E-state index contributed by atoms with van der Waals surface area (Å²) < 4.78 is 3.36. The molecule has 0 aliphatic heterocycles. The molecule has 3 rings (SSSR count). The van der Waals surface area contributed by atoms with Gasteiger partial charge in [-0.1, -0.05) is 6.92 Å². The summed E-state index contributed by atoms with van der Waals surface area (Å²) in [5.41, 5.74) is 0.837. The number of hydrogen-bond donors (Lipinski definition) is 1. The average molecular weight is 285 g/mol. The van der Waals surface area contributed by atoms with Crippen LogP contribution in [-0.4, -0.2) is 46.5 Å². The minimum absolute atomic E-state index is 0.407. The van der Waals surface area contributed by atoms with Gasteiger partial charge >= 0.3 is 0 Å². The third-order valence-electron chi connectivity index (χ3n) is 2.82. The Labute approximate surface area is 121 Å². The molecule has 0 spiro atoms. The lowest BCUT2D eigenvalue weighted by Gasteiger charge is -2.04. The highest BCUT2D eigenvalue weighted by Crippen LogP contribution is 2.16. The smallest absolute Gasteiger partial charge is 0.257 e. The highest BCUT2D eigenvalue weighted by Gasteiger charge is 2.11. The van der Waals surface area contributed by atoms with Crippen molar-refractivity contribution >= 4 is 5.95 Å². The van der Waals surface area contributed by atoms with Crippen LogP contribution in [0.25, 0.3) is 17.3 Å². The fourth-order valence-corrected chi connectivity index (χ4v) is 1.85. The summed E-state index contributed by atoms with van der Waals surface area (Å²) in [5.74, 6) is 1.42. The summed E-state index contributed by atoms with van der Waals surface area (Å²) in [6.07, 6.45) is 7.66. The number of aryl methyl sites for hydroxylation is 1. The predicted molar refractivity (Wildman–Crippen MR) is 75.8 cm³/mol. The van der Waals surface area contributed by atoms with E-state index in [4.69, 9.17) is 0 Å². The molecule has 1 N–H and O–H groups in total. The molecule has 3 heterocycles. The van der Waals surface area contributed by atoms with Gasteiger partial charge in [-0.25, -0.2) is 4.98 Å². The SMILES string of the molecule is CCCn1cc(-c2nc(NC)nc(-n3cncn3)n2)cn1. The highest BCUT2D eigenvalue weighted by molar-refractivity contribution is 5.54. The lowest BCUT2D eigenvalue weighted by Crippen LogP contribution is -2.08. The predicted octanol–water partition coefficient (Wildman–Crippen LogP) is 0.767. The number of aromatic nitrogens is 8. The van der Waals surface area contributed by atoms with Crippen molar-refractivity contribution in [2.45, 2.75) is 19.9 Å². The van der Waals surface area contributed by atoms with Crippen molar-refractivity contribution in [2.75, 3.05) is 12.4 Å². The summed E-state index contributed by atoms with van der Waals surface area (Å²) in [6.45, 7) is 2.96. The standard InChI is InChI=1S/C12H15N9/c1-3-4-20-6-9(5-15-20)10-17-11(13-2)19-12(18-10)21-8-14-7-16-21/h5-8H,3-4H2,1-2H3,(H,13,17,18,19). The van der Waals surface area contributed by atoms with Crippen molar-refractivity contribution < 1.29 is 0 Å². The topological polar surface area (TPSA) is 99.2 Å². The first-order chi connectivity index (χ1) is 10.3. The number of rotatable bonds is 5. The van der Waals surface area contributed by atoms with Gasteiger partial charge in [0.15, 0.2) is 5.82 Å². The first-order valence-corrected chi connectivity index (χ1v) is 6.62. The molecule has 0 aromatic carbocycles. The maximum Gasteiger partial charge on any atom is 0.257 e. The van der Waals surface area contributed by atoms with Gasteiger partial charge in [-0.2, -0.15) is 29.8 Å². The first kappa shape index (κ1) is 13.2. The number of hydrogen-bond acceptors (Lipinski definition) is 7. The largest absolute Gasteiger partial charge is 0.357 e. The minimum atomic E-state index is 0.407. The minimum Gasteiger partial charge on any atom is -0.357 e. The van der Waals surface area contributed by atoms with Gasteiger partial charge < -0.3 is 5.32 Å². The van der Waals surface area contributed by atoms with E-state index >= 15 is 0 Å². The Morgan fingerprint density at radius 2 is 2.10 bits per heavy atom. The molecule has 0 saturated carbocycles. The van der Waals surface area contributed by atoms with E-state index in [0.717, 1.165) is 18.5 Å². The van der Waals surface area contributed by atoms with Gasteiger partial charge in [-0.3, -0.25) is 4.68 Å². The summed E-state index contributed by atoms with van der Waals surface area (Å²) in [4.78, 5) is 16.9. The Bertz CT molecular complexity index is 716. The van der Waals surface area contributed by atoms with E-state index in [0.29, 0.717) is 17.7 Å². The van der Waals surface area contributed by atoms with Gasteiger partial charge in [-0.15, -0.1) is 0 Å². The van der Waals surface area contributed by atoms with Crippen molar-refractivity contribution in [1.29, 1.82) is 0 Å². The molecule has 3 aromatic rings. The maximum atomic E-state index is 4.41. The zero-order valence-corrected chi connectivity index (χ0v) is 11.8. The Balaban J connectivity index is 2.02. The molecule has 9 nitrogen and oxygen atoms in total. The zero-order chi connectivity index (χ0) is 14.7. The second kappa shape index (κ2) is 5.65. The van der Waals surface area contributed by atoms with E-state index in [1.165, 1.54) is 11.0 Å². The molecule has 0 bridgehead atoms. The van der Waals surface area contributed by atoms with Crippen LogP contribution in [0.2, 0.25) is 0 Å². The molecule has 0 saturated heterocycles. The quantitative estimate of drug-likeness (QED) is 0.739. The van der Waals surface area contributed by atoms with E-state index in [-0.39, 0.29) is 0 Å². The van der Waals surface area contributed by atoms with Crippen molar-refractivity contribution in [3.05, 3.63) is 25.0 Å². The van der Waals surface area contributed by atoms with E-state index < -0.39 is 0 Å². The number of anilines is 1. The van der Waals surface area contributed by atoms with Gasteiger partial charge in [-0.05, 0) is 6.42 Å². The van der Waals surface area contributed by atoms with Crippen molar-refractivity contribution in [1.82, 2.24) is 39.5 Å². The second-order valence-corrected chi connectivity index (χ2v) is 4.36. The van der Waals surface area contributed by atoms with Crippen molar-refractivity contribution in [2.24, 2.45) is 0 Å². The Morgan fingerprint density at radius 1 is 1.19 bits per heavy atom. The normalized spacial score (nSPS) is 10.8. The molecule has 0 unspecified atom stereocenters. The molecule has 108 valence electrons. The van der Waals surface area contributed by atoms with Crippen LogP contribution >= 0.6 is 0 Å². The molecule has 0 aliphatic rings. The van der Waals surface area contributed by atoms with Crippen molar-refractivity contribution in [3.63, 3.8) is 0 Å². The molecule has 3 aromatic heterocycles. The molecule has 0 aliphatic carbocycles. The second-order valence-electron chi connectivity index (χ2n) is 4.36. The van der Waals surface area contributed by atoms with Crippen LogP contribution in [0.15, 0.2) is 25.0 Å². The zero-order valence-electron chi connectivity index (χ0n) is 11.8. The fourth-order valence-electron chi connectivity index (χ4n) is 1.85. The molecular weight excluding hydrogens is 270 g/mol. The van der Waals surface area contributed by atoms with Crippen LogP contribution in [0.5, 0.6) is 0 Å². The van der Waals surface area contributed by atoms with Crippen LogP contribution in [0.3, 0.4) is 0 Å². The lowest BCUT2D eigenvalue weighted by molar-refractivity contribution is 0.603. The molecule has 0 fully saturated rings. The Morgan fingerprint density at radius 3 is 2.81 bits per heavy atom. The highest BCUT2D eigenvalue weighted by atomic mass is 15.4. The summed E-state index contributed by atoms with van der Waals surface area (Å²) in [5, 5.41) is 11.2. The maximum absolute atomic E-state index is 4.41. The van der Waals surface area contributed by atoms with Gasteiger partial charge in [0.1, 0.15) is 12.7 Å². The van der Waals surface area contributed by atoms with Crippen molar-refractivity contribution in [3.8, 4) is 17.3 Å². The third-order valence-corrected chi connectivity index (χ3v) is 2.82. The molecule has 0 amide bonds. The molecule has 0 atom stereocenters. The van der Waals surface area contributed by atoms with Crippen LogP contribution in [-0.2, 0) is 6.54 Å². The Hall–Kier alpha value is -2.84. The van der Waals surface area contributed by atoms with E-state index in [9.17, 15) is 0 Å². The van der Waals surface area contributed by atoms with Crippen LogP contribution in [0.4, 0.5) is 5.95 Å². The van der Waals surface area contributed by atoms with Gasteiger partial charge in [0.2, 0.25) is 5.95 Å². The van der Waals surface area contributed by atoms with E-state index in [2.05, 4.69) is 42.4 Å². The summed E-state index contributed by atoms with van der Waals surface area (Å²) in [6, 6.07) is 0. The van der Waals surface area contributed by atoms with Gasteiger partial charge in [0, 0.05) is 19.8 Å². The Kier molecular flexibility index (Phi) is 3.54. The number of nitrogens with zero attached hydrogens (tertiary/aromatic N) is 8. The van der Waals surface area contributed by atoms with Crippen LogP contribution in [0, 0.1) is 0 Å². The van der Waals surface area contributed by atoms with Gasteiger partial charge in [0.25, 0.3) is 5.95 Å². The van der Waals surface area contributed by atoms with E-state index in [1.807, 2.05) is 10.9 Å². The van der Waals surface area contributed by atoms with Gasteiger partial charge in [0.05, 0.1) is 11.8 Å². The molecular formula is C12H15N9. The van der Waals surface area contributed by atoms with Crippen LogP contribution < -0.4 is 5.32 Å².